The maximum atomic E-state index is 8.30. The van der Waals surface area contributed by atoms with Crippen molar-refractivity contribution in [3.05, 3.63) is 0 Å². The average Bonchev–Trinajstić information content (AvgIpc) is 1.62. The quantitative estimate of drug-likeness (QED) is 0.538. The van der Waals surface area contributed by atoms with Gasteiger partial charge in [0.2, 0.25) is 0 Å². The first kappa shape index (κ1) is 5.58. The Bertz CT molecular complexity index is 110. The Hall–Kier alpha value is -0.550. The van der Waals surface area contributed by atoms with Crippen molar-refractivity contribution in [1.29, 1.82) is 5.26 Å². The van der Waals surface area contributed by atoms with Crippen LogP contribution in [0.2, 0.25) is 0 Å². The van der Waals surface area contributed by atoms with Crippen molar-refractivity contribution >= 4 is 0 Å². The standard InChI is InChI=1S/C6H10N2/c7-4-6(8)5-2-1-3-5/h5-6H,1-3,8H2. The molecule has 1 aliphatic rings. The Labute approximate surface area is 49.3 Å². The van der Waals surface area contributed by atoms with Crippen LogP contribution >= 0.6 is 0 Å². The van der Waals surface area contributed by atoms with E-state index in [0.29, 0.717) is 5.92 Å². The van der Waals surface area contributed by atoms with Gasteiger partial charge < -0.3 is 5.73 Å². The van der Waals surface area contributed by atoms with E-state index in [0.717, 1.165) is 12.8 Å². The first-order chi connectivity index (χ1) is 3.84. The molecule has 0 bridgehead atoms. The highest BCUT2D eigenvalue weighted by Gasteiger charge is 2.23. The lowest BCUT2D eigenvalue weighted by molar-refractivity contribution is 0.293. The second kappa shape index (κ2) is 2.15. The van der Waals surface area contributed by atoms with Gasteiger partial charge in [-0.3, -0.25) is 0 Å². The fourth-order valence-electron chi connectivity index (χ4n) is 0.904. The molecule has 2 N–H and O–H groups in total. The van der Waals surface area contributed by atoms with E-state index in [1.807, 2.05) is 6.07 Å². The molecule has 8 heavy (non-hydrogen) atoms. The summed E-state index contributed by atoms with van der Waals surface area (Å²) in [6.07, 6.45) is 3.59. The molecule has 2 heteroatoms. The number of hydrogen-bond donors (Lipinski definition) is 1. The van der Waals surface area contributed by atoms with E-state index in [-0.39, 0.29) is 6.04 Å². The Kier molecular flexibility index (Phi) is 1.50. The molecule has 0 heterocycles. The summed E-state index contributed by atoms with van der Waals surface area (Å²) < 4.78 is 0. The highest BCUT2D eigenvalue weighted by atomic mass is 14.7. The van der Waals surface area contributed by atoms with Crippen LogP contribution in [0.15, 0.2) is 0 Å². The second-order valence-corrected chi connectivity index (χ2v) is 2.35. The van der Waals surface area contributed by atoms with Crippen LogP contribution in [-0.2, 0) is 0 Å². The predicted molar refractivity (Wildman–Crippen MR) is 30.9 cm³/mol. The van der Waals surface area contributed by atoms with Crippen molar-refractivity contribution in [3.8, 4) is 6.07 Å². The summed E-state index contributed by atoms with van der Waals surface area (Å²) in [7, 11) is 0. The normalized spacial score (nSPS) is 23.5. The van der Waals surface area contributed by atoms with Crippen LogP contribution in [0.25, 0.3) is 0 Å². The van der Waals surface area contributed by atoms with Crippen molar-refractivity contribution in [3.63, 3.8) is 0 Å². The van der Waals surface area contributed by atoms with Crippen molar-refractivity contribution in [2.24, 2.45) is 11.7 Å². The molecule has 1 aliphatic carbocycles. The zero-order valence-electron chi connectivity index (χ0n) is 4.80. The number of nitrogens with zero attached hydrogens (tertiary/aromatic N) is 1. The summed E-state index contributed by atoms with van der Waals surface area (Å²) in [5, 5.41) is 8.30. The summed E-state index contributed by atoms with van der Waals surface area (Å²) in [5.74, 6) is 0.514. The van der Waals surface area contributed by atoms with Gasteiger partial charge in [0.1, 0.15) is 0 Å². The third-order valence-electron chi connectivity index (χ3n) is 1.81. The molecule has 0 aromatic rings. The summed E-state index contributed by atoms with van der Waals surface area (Å²) in [6, 6.07) is 1.85. The fourth-order valence-corrected chi connectivity index (χ4v) is 0.904. The predicted octanol–water partition coefficient (Wildman–Crippen LogP) is 0.637. The molecule has 2 nitrogen and oxygen atoms in total. The topological polar surface area (TPSA) is 49.8 Å². The summed E-state index contributed by atoms with van der Waals surface area (Å²) in [4.78, 5) is 0. The summed E-state index contributed by atoms with van der Waals surface area (Å²) >= 11 is 0. The first-order valence-corrected chi connectivity index (χ1v) is 3.00. The molecule has 44 valence electrons. The summed E-state index contributed by atoms with van der Waals surface area (Å²) in [5.41, 5.74) is 5.42. The van der Waals surface area contributed by atoms with Crippen molar-refractivity contribution < 1.29 is 0 Å². The van der Waals surface area contributed by atoms with Crippen molar-refractivity contribution in [1.82, 2.24) is 0 Å². The highest BCUT2D eigenvalue weighted by molar-refractivity contribution is 4.95. The molecule has 0 aromatic carbocycles. The molecule has 0 aliphatic heterocycles. The van der Waals surface area contributed by atoms with Crippen LogP contribution in [0.1, 0.15) is 19.3 Å². The van der Waals surface area contributed by atoms with E-state index in [9.17, 15) is 0 Å². The van der Waals surface area contributed by atoms with Gasteiger partial charge in [-0.15, -0.1) is 0 Å². The first-order valence-electron chi connectivity index (χ1n) is 3.00. The molecule has 1 atom stereocenters. The van der Waals surface area contributed by atoms with Crippen LogP contribution in [-0.4, -0.2) is 6.04 Å². The maximum Gasteiger partial charge on any atom is 0.0956 e. The summed E-state index contributed by atoms with van der Waals surface area (Å²) in [6.45, 7) is 0. The average molecular weight is 110 g/mol. The van der Waals surface area contributed by atoms with Gasteiger partial charge in [0, 0.05) is 0 Å². The van der Waals surface area contributed by atoms with Gasteiger partial charge >= 0.3 is 0 Å². The van der Waals surface area contributed by atoms with Crippen molar-refractivity contribution in [2.45, 2.75) is 25.3 Å². The third kappa shape index (κ3) is 0.823. The van der Waals surface area contributed by atoms with Gasteiger partial charge in [0.05, 0.1) is 12.1 Å². The van der Waals surface area contributed by atoms with Gasteiger partial charge in [-0.2, -0.15) is 5.26 Å². The maximum absolute atomic E-state index is 8.30. The minimum absolute atomic E-state index is 0.191. The molecule has 0 aromatic heterocycles. The lowest BCUT2D eigenvalue weighted by atomic mass is 9.81. The number of hydrogen-bond acceptors (Lipinski definition) is 2. The van der Waals surface area contributed by atoms with E-state index < -0.39 is 0 Å². The van der Waals surface area contributed by atoms with Crippen LogP contribution in [0, 0.1) is 17.2 Å². The second-order valence-electron chi connectivity index (χ2n) is 2.35. The smallest absolute Gasteiger partial charge is 0.0956 e. The lowest BCUT2D eigenvalue weighted by Gasteiger charge is -2.26. The van der Waals surface area contributed by atoms with Crippen LogP contribution < -0.4 is 5.73 Å². The van der Waals surface area contributed by atoms with Gasteiger partial charge in [-0.25, -0.2) is 0 Å². The van der Waals surface area contributed by atoms with Crippen LogP contribution in [0.4, 0.5) is 0 Å². The number of nitriles is 1. The van der Waals surface area contributed by atoms with Crippen LogP contribution in [0.5, 0.6) is 0 Å². The monoisotopic (exact) mass is 110 g/mol. The lowest BCUT2D eigenvalue weighted by Crippen LogP contribution is -2.32. The molecule has 0 radical (unpaired) electrons. The molecular weight excluding hydrogens is 100 g/mol. The molecule has 0 amide bonds. The van der Waals surface area contributed by atoms with Gasteiger partial charge in [0.15, 0.2) is 0 Å². The minimum Gasteiger partial charge on any atom is -0.316 e. The molecule has 1 rings (SSSR count). The van der Waals surface area contributed by atoms with E-state index in [4.69, 9.17) is 11.0 Å². The third-order valence-corrected chi connectivity index (χ3v) is 1.81. The Morgan fingerprint density at radius 1 is 1.62 bits per heavy atom. The molecular formula is C6H10N2. The van der Waals surface area contributed by atoms with Crippen molar-refractivity contribution in [2.75, 3.05) is 0 Å². The Morgan fingerprint density at radius 3 is 2.38 bits per heavy atom. The Balaban J connectivity index is 2.26. The number of rotatable bonds is 1. The van der Waals surface area contributed by atoms with Gasteiger partial charge in [0.25, 0.3) is 0 Å². The van der Waals surface area contributed by atoms with E-state index >= 15 is 0 Å². The minimum atomic E-state index is -0.191. The van der Waals surface area contributed by atoms with E-state index in [2.05, 4.69) is 0 Å². The number of nitrogens with two attached hydrogens (primary N) is 1. The van der Waals surface area contributed by atoms with E-state index in [1.165, 1.54) is 6.42 Å². The molecule has 1 unspecified atom stereocenters. The molecule has 1 fully saturated rings. The van der Waals surface area contributed by atoms with Gasteiger partial charge in [-0.1, -0.05) is 6.42 Å². The largest absolute Gasteiger partial charge is 0.316 e. The van der Waals surface area contributed by atoms with Gasteiger partial charge in [-0.05, 0) is 18.8 Å². The SMILES string of the molecule is N#CC(N)C1CCC1. The highest BCUT2D eigenvalue weighted by Crippen LogP contribution is 2.27. The fraction of sp³-hybridized carbons (Fsp3) is 0.833. The molecule has 0 spiro atoms. The zero-order chi connectivity index (χ0) is 5.98. The molecule has 0 saturated heterocycles. The van der Waals surface area contributed by atoms with Crippen LogP contribution in [0.3, 0.4) is 0 Å². The van der Waals surface area contributed by atoms with E-state index in [1.54, 1.807) is 0 Å². The Morgan fingerprint density at radius 2 is 2.25 bits per heavy atom. The molecule has 1 saturated carbocycles. The zero-order valence-corrected chi connectivity index (χ0v) is 4.80.